The lowest BCUT2D eigenvalue weighted by Crippen LogP contribution is -2.50. The van der Waals surface area contributed by atoms with Crippen molar-refractivity contribution >= 4 is 5.91 Å². The van der Waals surface area contributed by atoms with Gasteiger partial charge in [0.1, 0.15) is 0 Å². The average Bonchev–Trinajstić information content (AvgIpc) is 2.68. The van der Waals surface area contributed by atoms with Gasteiger partial charge in [-0.1, -0.05) is 58.6 Å². The van der Waals surface area contributed by atoms with E-state index in [9.17, 15) is 4.79 Å². The van der Waals surface area contributed by atoms with Gasteiger partial charge < -0.3 is 5.11 Å². The summed E-state index contributed by atoms with van der Waals surface area (Å²) in [6, 6.07) is 0.174. The van der Waals surface area contributed by atoms with Gasteiger partial charge in [-0.15, -0.1) is 0 Å². The molecule has 0 bridgehead atoms. The van der Waals surface area contributed by atoms with E-state index in [4.69, 9.17) is 5.11 Å². The summed E-state index contributed by atoms with van der Waals surface area (Å²) in [5, 5.41) is 10.8. The van der Waals surface area contributed by atoms with E-state index in [1.54, 1.807) is 6.08 Å². The van der Waals surface area contributed by atoms with Gasteiger partial charge in [0.25, 0.3) is 0 Å². The summed E-state index contributed by atoms with van der Waals surface area (Å²) >= 11 is 0. The van der Waals surface area contributed by atoms with E-state index >= 15 is 0 Å². The van der Waals surface area contributed by atoms with Crippen LogP contribution in [0, 0.1) is 11.8 Å². The van der Waals surface area contributed by atoms with E-state index in [1.165, 1.54) is 12.8 Å². The molecule has 0 spiro atoms. The van der Waals surface area contributed by atoms with Crippen molar-refractivity contribution in [3.63, 3.8) is 0 Å². The summed E-state index contributed by atoms with van der Waals surface area (Å²) in [6.45, 7) is 7.37. The first kappa shape index (κ1) is 22.8. The monoisotopic (exact) mass is 364 g/mol. The molecule has 0 saturated carbocycles. The van der Waals surface area contributed by atoms with Crippen LogP contribution in [-0.4, -0.2) is 28.6 Å². The third-order valence-corrected chi connectivity index (χ3v) is 5.57. The number of rotatable bonds is 13. The Bertz CT molecular complexity index is 434. The standard InChI is InChI=1S/C22H40N2O2/c1-4-11-19(5-2)15-16-22(26)24(21-13-8-7-9-14-21)23-18-20(6-3)12-10-17-25/h8,10,13,17,19-21,23,25H,4-7,9,11-12,14-16,18H2,1-3H3/b17-10+. The Morgan fingerprint density at radius 3 is 2.62 bits per heavy atom. The number of amides is 1. The Morgan fingerprint density at radius 2 is 2.04 bits per heavy atom. The second kappa shape index (κ2) is 13.9. The number of hydrogen-bond acceptors (Lipinski definition) is 3. The van der Waals surface area contributed by atoms with Gasteiger partial charge in [0, 0.05) is 13.0 Å². The molecule has 1 rings (SSSR count). The second-order valence-electron chi connectivity index (χ2n) is 7.55. The third-order valence-electron chi connectivity index (χ3n) is 5.57. The van der Waals surface area contributed by atoms with Gasteiger partial charge in [0.05, 0.1) is 12.3 Å². The number of aliphatic hydroxyl groups is 1. The van der Waals surface area contributed by atoms with E-state index < -0.39 is 0 Å². The van der Waals surface area contributed by atoms with Crippen molar-refractivity contribution in [3.8, 4) is 0 Å². The smallest absolute Gasteiger partial charge is 0.237 e. The highest BCUT2D eigenvalue weighted by Gasteiger charge is 2.24. The highest BCUT2D eigenvalue weighted by Crippen LogP contribution is 2.21. The number of aliphatic hydroxyl groups excluding tert-OH is 1. The molecule has 26 heavy (non-hydrogen) atoms. The van der Waals surface area contributed by atoms with Crippen LogP contribution in [0.25, 0.3) is 0 Å². The predicted octanol–water partition coefficient (Wildman–Crippen LogP) is 5.52. The summed E-state index contributed by atoms with van der Waals surface area (Å²) < 4.78 is 0. The summed E-state index contributed by atoms with van der Waals surface area (Å²) in [6.07, 6.45) is 17.6. The van der Waals surface area contributed by atoms with E-state index in [2.05, 4.69) is 38.3 Å². The molecule has 1 aliphatic rings. The number of hydrazine groups is 1. The summed E-state index contributed by atoms with van der Waals surface area (Å²) in [4.78, 5) is 13.0. The molecule has 2 N–H and O–H groups in total. The predicted molar refractivity (Wildman–Crippen MR) is 110 cm³/mol. The molecule has 0 aromatic carbocycles. The molecule has 0 fully saturated rings. The van der Waals surface area contributed by atoms with Crippen LogP contribution in [0.3, 0.4) is 0 Å². The number of carbonyl (C=O) groups excluding carboxylic acids is 1. The Morgan fingerprint density at radius 1 is 1.27 bits per heavy atom. The lowest BCUT2D eigenvalue weighted by molar-refractivity contribution is -0.137. The maximum Gasteiger partial charge on any atom is 0.237 e. The Labute approximate surface area is 160 Å². The van der Waals surface area contributed by atoms with Crippen LogP contribution in [0.15, 0.2) is 24.5 Å². The zero-order valence-electron chi connectivity index (χ0n) is 17.1. The maximum atomic E-state index is 13.0. The number of carbonyl (C=O) groups is 1. The van der Waals surface area contributed by atoms with E-state index in [0.717, 1.165) is 57.8 Å². The minimum Gasteiger partial charge on any atom is -0.516 e. The molecule has 0 saturated heterocycles. The number of allylic oxidation sites excluding steroid dienone is 2. The SMILES string of the molecule is CCCC(CC)CCC(=O)N(NCC(CC)C/C=C/O)C1C=CCCC1. The van der Waals surface area contributed by atoms with Crippen molar-refractivity contribution in [3.05, 3.63) is 24.5 Å². The lowest BCUT2D eigenvalue weighted by atomic mass is 9.95. The normalized spacial score (nSPS) is 19.6. The van der Waals surface area contributed by atoms with Gasteiger partial charge in [-0.25, -0.2) is 5.43 Å². The molecule has 4 heteroatoms. The number of nitrogens with zero attached hydrogens (tertiary/aromatic N) is 1. The highest BCUT2D eigenvalue weighted by molar-refractivity contribution is 5.76. The summed E-state index contributed by atoms with van der Waals surface area (Å²) in [5.74, 6) is 1.30. The molecule has 1 amide bonds. The lowest BCUT2D eigenvalue weighted by Gasteiger charge is -2.33. The van der Waals surface area contributed by atoms with Crippen molar-refractivity contribution in [1.82, 2.24) is 10.4 Å². The van der Waals surface area contributed by atoms with Crippen LogP contribution in [0.1, 0.15) is 85.0 Å². The summed E-state index contributed by atoms with van der Waals surface area (Å²) in [5.41, 5.74) is 3.44. The quantitative estimate of drug-likeness (QED) is 0.257. The van der Waals surface area contributed by atoms with Crippen molar-refractivity contribution < 1.29 is 9.90 Å². The number of nitrogens with one attached hydrogen (secondary N) is 1. The molecular weight excluding hydrogens is 324 g/mol. The fourth-order valence-electron chi connectivity index (χ4n) is 3.68. The maximum absolute atomic E-state index is 13.0. The van der Waals surface area contributed by atoms with Gasteiger partial charge >= 0.3 is 0 Å². The molecule has 0 aliphatic heterocycles. The minimum absolute atomic E-state index is 0.174. The van der Waals surface area contributed by atoms with Gasteiger partial charge in [-0.05, 0) is 50.0 Å². The molecule has 3 unspecified atom stereocenters. The van der Waals surface area contributed by atoms with E-state index in [0.29, 0.717) is 18.3 Å². The molecule has 0 aromatic heterocycles. The topological polar surface area (TPSA) is 52.6 Å². The Kier molecular flexibility index (Phi) is 12.1. The molecule has 150 valence electrons. The first-order valence-electron chi connectivity index (χ1n) is 10.7. The van der Waals surface area contributed by atoms with Gasteiger partial charge in [-0.2, -0.15) is 0 Å². The third kappa shape index (κ3) is 8.39. The van der Waals surface area contributed by atoms with Crippen LogP contribution in [-0.2, 0) is 4.79 Å². The molecule has 4 nitrogen and oxygen atoms in total. The van der Waals surface area contributed by atoms with E-state index in [-0.39, 0.29) is 11.9 Å². The minimum atomic E-state index is 0.174. The fraction of sp³-hybridized carbons (Fsp3) is 0.773. The van der Waals surface area contributed by atoms with Crippen LogP contribution < -0.4 is 5.43 Å². The van der Waals surface area contributed by atoms with E-state index in [1.807, 2.05) is 5.01 Å². The van der Waals surface area contributed by atoms with Crippen molar-refractivity contribution in [2.45, 2.75) is 91.0 Å². The molecule has 0 heterocycles. The molecule has 3 atom stereocenters. The number of hydrogen-bond donors (Lipinski definition) is 2. The average molecular weight is 365 g/mol. The van der Waals surface area contributed by atoms with Crippen LogP contribution in [0.4, 0.5) is 0 Å². The second-order valence-corrected chi connectivity index (χ2v) is 7.55. The van der Waals surface area contributed by atoms with Gasteiger partial charge in [0.15, 0.2) is 0 Å². The Balaban J connectivity index is 2.66. The van der Waals surface area contributed by atoms with Crippen molar-refractivity contribution in [1.29, 1.82) is 0 Å². The van der Waals surface area contributed by atoms with Gasteiger partial charge in [0.2, 0.25) is 5.91 Å². The van der Waals surface area contributed by atoms with Crippen LogP contribution in [0.2, 0.25) is 0 Å². The zero-order valence-corrected chi connectivity index (χ0v) is 17.1. The Hall–Kier alpha value is -1.29. The van der Waals surface area contributed by atoms with Crippen molar-refractivity contribution in [2.75, 3.05) is 6.54 Å². The first-order chi connectivity index (χ1) is 12.7. The molecule has 0 radical (unpaired) electrons. The van der Waals surface area contributed by atoms with Gasteiger partial charge in [-0.3, -0.25) is 9.80 Å². The fourth-order valence-corrected chi connectivity index (χ4v) is 3.68. The molecular formula is C22H40N2O2. The largest absolute Gasteiger partial charge is 0.516 e. The zero-order chi connectivity index (χ0) is 19.2. The van der Waals surface area contributed by atoms with Crippen LogP contribution >= 0.6 is 0 Å². The summed E-state index contributed by atoms with van der Waals surface area (Å²) in [7, 11) is 0. The highest BCUT2D eigenvalue weighted by atomic mass is 16.2. The molecule has 0 aromatic rings. The van der Waals surface area contributed by atoms with Crippen LogP contribution in [0.5, 0.6) is 0 Å². The first-order valence-corrected chi connectivity index (χ1v) is 10.7. The molecule has 1 aliphatic carbocycles. The van der Waals surface area contributed by atoms with Crippen molar-refractivity contribution in [2.24, 2.45) is 11.8 Å².